The second kappa shape index (κ2) is 27.1. The van der Waals surface area contributed by atoms with Gasteiger partial charge >= 0.3 is 0 Å². The predicted molar refractivity (Wildman–Crippen MR) is 152 cm³/mol. The van der Waals surface area contributed by atoms with E-state index in [2.05, 4.69) is 25.7 Å². The summed E-state index contributed by atoms with van der Waals surface area (Å²) in [4.78, 5) is 3.73. The molecule has 32 heavy (non-hydrogen) atoms. The van der Waals surface area contributed by atoms with Crippen LogP contribution in [0.2, 0.25) is 0 Å². The van der Waals surface area contributed by atoms with E-state index in [9.17, 15) is 0 Å². The van der Waals surface area contributed by atoms with E-state index in [-0.39, 0.29) is 0 Å². The molecule has 0 amide bonds. The molecule has 2 heteroatoms. The van der Waals surface area contributed by atoms with Crippen molar-refractivity contribution in [3.63, 3.8) is 0 Å². The summed E-state index contributed by atoms with van der Waals surface area (Å²) in [7, 11) is 0. The molecule has 0 saturated heterocycles. The number of nitrogens with zero attached hydrogens (tertiary/aromatic N) is 1. The van der Waals surface area contributed by atoms with Crippen molar-refractivity contribution in [2.24, 2.45) is 0 Å². The molecular weight excluding hydrogens is 406 g/mol. The van der Waals surface area contributed by atoms with Gasteiger partial charge in [-0.15, -0.1) is 0 Å². The molecule has 0 radical (unpaired) electrons. The normalized spacial score (nSPS) is 11.2. The van der Waals surface area contributed by atoms with Gasteiger partial charge < -0.3 is 4.90 Å². The number of hydrogen-bond donors (Lipinski definition) is 0. The van der Waals surface area contributed by atoms with Crippen molar-refractivity contribution in [2.75, 3.05) is 13.1 Å². The predicted octanol–water partition coefficient (Wildman–Crippen LogP) is 11.0. The zero-order chi connectivity index (χ0) is 23.5. The molecule has 0 aliphatic rings. The summed E-state index contributed by atoms with van der Waals surface area (Å²) < 4.78 is 0. The monoisotopic (exact) mass is 467 g/mol. The van der Waals surface area contributed by atoms with E-state index in [4.69, 9.17) is 12.2 Å². The molecule has 0 aliphatic carbocycles. The summed E-state index contributed by atoms with van der Waals surface area (Å²) in [5.41, 5.74) is 0. The van der Waals surface area contributed by atoms with Crippen molar-refractivity contribution in [1.29, 1.82) is 0 Å². The van der Waals surface area contributed by atoms with Crippen LogP contribution in [0.25, 0.3) is 0 Å². The Morgan fingerprint density at radius 3 is 1.12 bits per heavy atom. The van der Waals surface area contributed by atoms with Gasteiger partial charge in [-0.25, -0.2) is 0 Å². The van der Waals surface area contributed by atoms with Crippen molar-refractivity contribution in [3.8, 4) is 0 Å². The highest BCUT2D eigenvalue weighted by atomic mass is 32.1. The first-order valence-electron chi connectivity index (χ1n) is 15.0. The molecule has 0 aromatic heterocycles. The van der Waals surface area contributed by atoms with Gasteiger partial charge in [-0.3, -0.25) is 0 Å². The second-order valence-corrected chi connectivity index (χ2v) is 10.7. The summed E-state index contributed by atoms with van der Waals surface area (Å²) in [6.45, 7) is 9.21. The Balaban J connectivity index is 3.37. The summed E-state index contributed by atoms with van der Waals surface area (Å²) in [6.07, 6.45) is 33.6. The second-order valence-electron chi connectivity index (χ2n) is 10.2. The van der Waals surface area contributed by atoms with Gasteiger partial charge in [-0.05, 0) is 25.7 Å². The lowest BCUT2D eigenvalue weighted by molar-refractivity contribution is 0.398. The van der Waals surface area contributed by atoms with Crippen molar-refractivity contribution in [1.82, 2.24) is 4.90 Å². The van der Waals surface area contributed by atoms with E-state index < -0.39 is 0 Å². The number of rotatable bonds is 26. The summed E-state index contributed by atoms with van der Waals surface area (Å²) in [5.74, 6) is 0. The molecule has 0 rings (SSSR count). The van der Waals surface area contributed by atoms with Gasteiger partial charge in [-0.2, -0.15) is 0 Å². The minimum Gasteiger partial charge on any atom is -0.366 e. The van der Waals surface area contributed by atoms with Crippen LogP contribution in [0, 0.1) is 0 Å². The zero-order valence-corrected chi connectivity index (χ0v) is 23.6. The van der Waals surface area contributed by atoms with Crippen molar-refractivity contribution < 1.29 is 0 Å². The zero-order valence-electron chi connectivity index (χ0n) is 22.7. The maximum absolute atomic E-state index is 5.76. The maximum Gasteiger partial charge on any atom is 0.0779 e. The number of hydrogen-bond acceptors (Lipinski definition) is 1. The van der Waals surface area contributed by atoms with Gasteiger partial charge in [0.2, 0.25) is 0 Å². The molecule has 1 nitrogen and oxygen atoms in total. The van der Waals surface area contributed by atoms with Crippen molar-refractivity contribution in [3.05, 3.63) is 0 Å². The van der Waals surface area contributed by atoms with Crippen molar-refractivity contribution >= 4 is 17.2 Å². The average Bonchev–Trinajstić information content (AvgIpc) is 2.80. The Labute approximate surface area is 209 Å². The minimum atomic E-state index is 1.14. The molecule has 0 N–H and O–H groups in total. The third-order valence-electron chi connectivity index (χ3n) is 6.87. The van der Waals surface area contributed by atoms with Crippen molar-refractivity contribution in [2.45, 2.75) is 175 Å². The molecule has 0 aromatic rings. The Morgan fingerprint density at radius 1 is 0.406 bits per heavy atom. The first-order valence-corrected chi connectivity index (χ1v) is 15.4. The largest absolute Gasteiger partial charge is 0.366 e. The van der Waals surface area contributed by atoms with Gasteiger partial charge in [-0.1, -0.05) is 161 Å². The highest BCUT2D eigenvalue weighted by Crippen LogP contribution is 2.15. The van der Waals surface area contributed by atoms with Crippen LogP contribution in [-0.2, 0) is 0 Å². The molecule has 0 saturated carbocycles. The smallest absolute Gasteiger partial charge is 0.0779 e. The standard InChI is InChI=1S/C30H61NS/c1-4-7-9-11-12-13-14-15-16-17-18-19-20-21-22-23-24-25-27-30(32)31(28-6-3)29-26-10-8-5-2/h4-29H2,1-3H3. The van der Waals surface area contributed by atoms with Crippen LogP contribution in [0.4, 0.5) is 0 Å². The van der Waals surface area contributed by atoms with Gasteiger partial charge in [0.05, 0.1) is 4.99 Å². The first-order chi connectivity index (χ1) is 15.8. The van der Waals surface area contributed by atoms with Gasteiger partial charge in [0, 0.05) is 13.1 Å². The molecule has 0 atom stereocenters. The fourth-order valence-electron chi connectivity index (χ4n) is 4.70. The van der Waals surface area contributed by atoms with Gasteiger partial charge in [0.25, 0.3) is 0 Å². The van der Waals surface area contributed by atoms with E-state index in [1.165, 1.54) is 159 Å². The van der Waals surface area contributed by atoms with E-state index in [0.717, 1.165) is 13.0 Å². The molecule has 0 unspecified atom stereocenters. The molecule has 0 spiro atoms. The summed E-state index contributed by atoms with van der Waals surface area (Å²) in [6, 6.07) is 0. The van der Waals surface area contributed by atoms with Gasteiger partial charge in [0.15, 0.2) is 0 Å². The molecule has 0 bridgehead atoms. The highest BCUT2D eigenvalue weighted by molar-refractivity contribution is 7.80. The quantitative estimate of drug-likeness (QED) is 0.0918. The molecule has 192 valence electrons. The SMILES string of the molecule is CCCCCCCCCCCCCCCCCCCCC(=S)N(CCC)CCCCCC. The third-order valence-corrected chi connectivity index (χ3v) is 7.33. The van der Waals surface area contributed by atoms with Crippen LogP contribution in [0.15, 0.2) is 0 Å². The Bertz CT molecular complexity index is 368. The maximum atomic E-state index is 5.76. The molecule has 0 aliphatic heterocycles. The highest BCUT2D eigenvalue weighted by Gasteiger charge is 2.08. The topological polar surface area (TPSA) is 3.24 Å². The van der Waals surface area contributed by atoms with Crippen LogP contribution in [0.5, 0.6) is 0 Å². The molecule has 0 aromatic carbocycles. The summed E-state index contributed by atoms with van der Waals surface area (Å²) in [5, 5.41) is 0. The summed E-state index contributed by atoms with van der Waals surface area (Å²) >= 11 is 5.76. The lowest BCUT2D eigenvalue weighted by Crippen LogP contribution is -2.31. The Kier molecular flexibility index (Phi) is 27.0. The number of thiocarbonyl (C=S) groups is 1. The molecular formula is C30H61NS. The minimum absolute atomic E-state index is 1.14. The Morgan fingerprint density at radius 2 is 0.750 bits per heavy atom. The van der Waals surface area contributed by atoms with E-state index in [1.54, 1.807) is 0 Å². The lowest BCUT2D eigenvalue weighted by Gasteiger charge is -2.25. The third kappa shape index (κ3) is 23.1. The van der Waals surface area contributed by atoms with Crippen LogP contribution in [0.1, 0.15) is 175 Å². The van der Waals surface area contributed by atoms with Crippen LogP contribution < -0.4 is 0 Å². The Hall–Kier alpha value is -0.110. The average molecular weight is 468 g/mol. The first kappa shape index (κ1) is 31.9. The van der Waals surface area contributed by atoms with E-state index in [0.29, 0.717) is 0 Å². The lowest BCUT2D eigenvalue weighted by atomic mass is 10.0. The molecule has 0 heterocycles. The van der Waals surface area contributed by atoms with Crippen LogP contribution >= 0.6 is 12.2 Å². The van der Waals surface area contributed by atoms with Crippen LogP contribution in [0.3, 0.4) is 0 Å². The fourth-order valence-corrected chi connectivity index (χ4v) is 5.02. The van der Waals surface area contributed by atoms with E-state index in [1.807, 2.05) is 0 Å². The fraction of sp³-hybridized carbons (Fsp3) is 0.967. The van der Waals surface area contributed by atoms with Gasteiger partial charge in [0.1, 0.15) is 0 Å². The van der Waals surface area contributed by atoms with E-state index >= 15 is 0 Å². The molecule has 0 fully saturated rings. The van der Waals surface area contributed by atoms with Crippen LogP contribution in [-0.4, -0.2) is 23.0 Å². The number of unbranched alkanes of at least 4 members (excludes halogenated alkanes) is 20.